The standard InChI is InChI=1S/C31H41N.H2/c1-7-12-25(9-3)24(6)26(13-8-2)18-16-22(4)27-19-17-23(5)29(20-27)31-21-28-14-10-11-15-30(28)32-31;/h10-11,14-15,17,19-20,25-26H,4,6-9,12-13,16,18,21H2,1-3,5H3;1H. The van der Waals surface area contributed by atoms with E-state index in [4.69, 9.17) is 4.99 Å². The zero-order valence-electron chi connectivity index (χ0n) is 20.7. The molecule has 0 bridgehead atoms. The topological polar surface area (TPSA) is 12.4 Å². The van der Waals surface area contributed by atoms with Crippen LogP contribution in [0.4, 0.5) is 5.69 Å². The van der Waals surface area contributed by atoms with Crippen LogP contribution in [-0.2, 0) is 6.42 Å². The molecule has 2 unspecified atom stereocenters. The van der Waals surface area contributed by atoms with E-state index in [1.165, 1.54) is 71.2 Å². The maximum absolute atomic E-state index is 4.93. The third-order valence-electron chi connectivity index (χ3n) is 7.17. The van der Waals surface area contributed by atoms with Gasteiger partial charge in [0.15, 0.2) is 0 Å². The summed E-state index contributed by atoms with van der Waals surface area (Å²) >= 11 is 0. The Bertz CT molecular complexity index is 984. The lowest BCUT2D eigenvalue weighted by Gasteiger charge is -2.26. The van der Waals surface area contributed by atoms with Crippen molar-refractivity contribution in [1.82, 2.24) is 0 Å². The van der Waals surface area contributed by atoms with Crippen LogP contribution in [0, 0.1) is 18.8 Å². The Morgan fingerprint density at radius 2 is 1.69 bits per heavy atom. The minimum atomic E-state index is 0. The number of fused-ring (bicyclic) bond motifs is 1. The predicted molar refractivity (Wildman–Crippen MR) is 144 cm³/mol. The van der Waals surface area contributed by atoms with E-state index in [9.17, 15) is 0 Å². The van der Waals surface area contributed by atoms with E-state index >= 15 is 0 Å². The number of allylic oxidation sites excluding steroid dienone is 2. The van der Waals surface area contributed by atoms with Crippen molar-refractivity contribution in [2.24, 2.45) is 16.8 Å². The van der Waals surface area contributed by atoms with E-state index < -0.39 is 0 Å². The fourth-order valence-electron chi connectivity index (χ4n) is 5.13. The van der Waals surface area contributed by atoms with Gasteiger partial charge in [-0.2, -0.15) is 0 Å². The number of rotatable bonds is 12. The molecule has 0 fully saturated rings. The lowest BCUT2D eigenvalue weighted by atomic mass is 9.79. The first-order valence-electron chi connectivity index (χ1n) is 12.6. The number of hydrogen-bond donors (Lipinski definition) is 0. The van der Waals surface area contributed by atoms with Crippen LogP contribution >= 0.6 is 0 Å². The van der Waals surface area contributed by atoms with Gasteiger partial charge in [-0.25, -0.2) is 0 Å². The Balaban J connectivity index is 0.00000385. The Morgan fingerprint density at radius 3 is 2.38 bits per heavy atom. The molecular formula is C31H43N. The molecule has 1 aliphatic heterocycles. The van der Waals surface area contributed by atoms with Gasteiger partial charge in [0.2, 0.25) is 0 Å². The first kappa shape index (κ1) is 24.2. The summed E-state index contributed by atoms with van der Waals surface area (Å²) in [5.74, 6) is 1.27. The highest BCUT2D eigenvalue weighted by molar-refractivity contribution is 6.07. The van der Waals surface area contributed by atoms with Gasteiger partial charge in [0.1, 0.15) is 0 Å². The SMILES string of the molecule is C=C(CCC(CCC)C(=C)C(CC)CCC)c1ccc(C)c(C2=Nc3ccccc3C2)c1.[HH]. The molecular weight excluding hydrogens is 386 g/mol. The monoisotopic (exact) mass is 429 g/mol. The first-order chi connectivity index (χ1) is 15.5. The summed E-state index contributed by atoms with van der Waals surface area (Å²) in [6.07, 6.45) is 9.27. The maximum atomic E-state index is 4.93. The van der Waals surface area contributed by atoms with Crippen LogP contribution < -0.4 is 0 Å². The van der Waals surface area contributed by atoms with E-state index in [0.717, 1.165) is 24.9 Å². The Labute approximate surface area is 197 Å². The van der Waals surface area contributed by atoms with Gasteiger partial charge >= 0.3 is 0 Å². The molecule has 1 aliphatic rings. The average Bonchev–Trinajstić information content (AvgIpc) is 3.24. The maximum Gasteiger partial charge on any atom is 0.0669 e. The third-order valence-corrected chi connectivity index (χ3v) is 7.17. The normalized spacial score (nSPS) is 14.6. The lowest BCUT2D eigenvalue weighted by Crippen LogP contribution is -2.13. The smallest absolute Gasteiger partial charge is 0.0669 e. The van der Waals surface area contributed by atoms with Crippen molar-refractivity contribution in [3.63, 3.8) is 0 Å². The van der Waals surface area contributed by atoms with Crippen LogP contribution in [0.5, 0.6) is 0 Å². The fourth-order valence-corrected chi connectivity index (χ4v) is 5.13. The molecule has 1 heteroatoms. The van der Waals surface area contributed by atoms with Crippen LogP contribution in [-0.4, -0.2) is 5.71 Å². The van der Waals surface area contributed by atoms with Crippen LogP contribution in [0.2, 0.25) is 0 Å². The molecule has 2 aromatic rings. The molecule has 0 aliphatic carbocycles. The van der Waals surface area contributed by atoms with Crippen molar-refractivity contribution < 1.29 is 1.43 Å². The largest absolute Gasteiger partial charge is 0.252 e. The molecule has 0 aromatic heterocycles. The molecule has 3 rings (SSSR count). The van der Waals surface area contributed by atoms with Crippen molar-refractivity contribution in [3.8, 4) is 0 Å². The third kappa shape index (κ3) is 5.68. The van der Waals surface area contributed by atoms with Crippen molar-refractivity contribution in [1.29, 1.82) is 0 Å². The molecule has 0 spiro atoms. The lowest BCUT2D eigenvalue weighted by molar-refractivity contribution is 0.423. The number of para-hydroxylation sites is 1. The number of aryl methyl sites for hydroxylation is 1. The summed E-state index contributed by atoms with van der Waals surface area (Å²) in [6.45, 7) is 18.1. The second-order valence-corrected chi connectivity index (χ2v) is 9.49. The average molecular weight is 430 g/mol. The van der Waals surface area contributed by atoms with Crippen molar-refractivity contribution in [3.05, 3.63) is 83.4 Å². The van der Waals surface area contributed by atoms with Crippen molar-refractivity contribution in [2.45, 2.75) is 79.1 Å². The predicted octanol–water partition coefficient (Wildman–Crippen LogP) is 9.51. The van der Waals surface area contributed by atoms with E-state index in [0.29, 0.717) is 11.8 Å². The molecule has 0 radical (unpaired) electrons. The van der Waals surface area contributed by atoms with Crippen molar-refractivity contribution >= 4 is 17.0 Å². The minimum Gasteiger partial charge on any atom is -0.252 e. The molecule has 172 valence electrons. The van der Waals surface area contributed by atoms with Gasteiger partial charge in [-0.15, -0.1) is 0 Å². The van der Waals surface area contributed by atoms with Crippen molar-refractivity contribution in [2.75, 3.05) is 0 Å². The Morgan fingerprint density at radius 1 is 0.969 bits per heavy atom. The van der Waals surface area contributed by atoms with E-state index in [2.05, 4.69) is 83.3 Å². The Hall–Kier alpha value is -2.41. The van der Waals surface area contributed by atoms with Gasteiger partial charge in [0.25, 0.3) is 0 Å². The second kappa shape index (κ2) is 11.5. The minimum absolute atomic E-state index is 0. The summed E-state index contributed by atoms with van der Waals surface area (Å²) in [5, 5.41) is 0. The quantitative estimate of drug-likeness (QED) is 0.298. The van der Waals surface area contributed by atoms with Crippen LogP contribution in [0.25, 0.3) is 5.57 Å². The summed E-state index contributed by atoms with van der Waals surface area (Å²) in [5.41, 5.74) is 10.1. The van der Waals surface area contributed by atoms with Gasteiger partial charge in [0, 0.05) is 7.85 Å². The van der Waals surface area contributed by atoms with Gasteiger partial charge in [-0.1, -0.05) is 82.7 Å². The molecule has 1 heterocycles. The summed E-state index contributed by atoms with van der Waals surface area (Å²) < 4.78 is 0. The molecule has 32 heavy (non-hydrogen) atoms. The van der Waals surface area contributed by atoms with E-state index in [-0.39, 0.29) is 1.43 Å². The number of hydrogen-bond acceptors (Lipinski definition) is 1. The first-order valence-corrected chi connectivity index (χ1v) is 12.6. The van der Waals surface area contributed by atoms with Gasteiger partial charge in [-0.05, 0) is 90.8 Å². The molecule has 2 atom stereocenters. The fraction of sp³-hybridized carbons (Fsp3) is 0.452. The highest BCUT2D eigenvalue weighted by Gasteiger charge is 2.20. The van der Waals surface area contributed by atoms with Crippen LogP contribution in [0.3, 0.4) is 0 Å². The van der Waals surface area contributed by atoms with Crippen LogP contribution in [0.1, 0.15) is 89.4 Å². The summed E-state index contributed by atoms with van der Waals surface area (Å²) in [4.78, 5) is 4.93. The molecule has 2 aromatic carbocycles. The molecule has 0 saturated heterocycles. The number of aliphatic imine (C=N–C) groups is 1. The second-order valence-electron chi connectivity index (χ2n) is 9.49. The molecule has 0 saturated carbocycles. The number of nitrogens with zero attached hydrogens (tertiary/aromatic N) is 1. The number of benzene rings is 2. The zero-order chi connectivity index (χ0) is 23.1. The van der Waals surface area contributed by atoms with E-state index in [1.807, 2.05) is 0 Å². The molecule has 0 N–H and O–H groups in total. The highest BCUT2D eigenvalue weighted by atomic mass is 14.8. The highest BCUT2D eigenvalue weighted by Crippen LogP contribution is 2.35. The van der Waals surface area contributed by atoms with Gasteiger partial charge in [-0.3, -0.25) is 4.99 Å². The molecule has 0 amide bonds. The van der Waals surface area contributed by atoms with Gasteiger partial charge in [0.05, 0.1) is 11.4 Å². The summed E-state index contributed by atoms with van der Waals surface area (Å²) in [7, 11) is 0. The van der Waals surface area contributed by atoms with E-state index in [1.54, 1.807) is 0 Å². The zero-order valence-corrected chi connectivity index (χ0v) is 20.7. The van der Waals surface area contributed by atoms with Crippen LogP contribution in [0.15, 0.2) is 66.2 Å². The molecule has 1 nitrogen and oxygen atoms in total. The van der Waals surface area contributed by atoms with Gasteiger partial charge < -0.3 is 0 Å². The summed E-state index contributed by atoms with van der Waals surface area (Å²) in [6, 6.07) is 15.3. The Kier molecular flexibility index (Phi) is 8.67.